The van der Waals surface area contributed by atoms with Gasteiger partial charge >= 0.3 is 161 Å². The van der Waals surface area contributed by atoms with Gasteiger partial charge in [-0.05, 0) is 33.7 Å². The van der Waals surface area contributed by atoms with E-state index in [2.05, 4.69) is 0 Å². The summed E-state index contributed by atoms with van der Waals surface area (Å²) in [6.45, 7) is 0. The van der Waals surface area contributed by atoms with Gasteiger partial charge in [0.05, 0.1) is 0 Å². The Bertz CT molecular complexity index is 1840. The van der Waals surface area contributed by atoms with Crippen molar-refractivity contribution in [1.29, 1.82) is 0 Å². The second-order valence-electron chi connectivity index (χ2n) is 9.98. The van der Waals surface area contributed by atoms with Crippen molar-refractivity contribution in [2.45, 2.75) is 0 Å². The number of rotatable bonds is 4. The van der Waals surface area contributed by atoms with Crippen molar-refractivity contribution >= 4 is 48.1 Å². The Morgan fingerprint density at radius 2 is 0.674 bits per heavy atom. The molecular weight excluding hydrogens is 737 g/mol. The van der Waals surface area contributed by atoms with Gasteiger partial charge in [0.2, 0.25) is 0 Å². The third-order valence-corrected chi connectivity index (χ3v) is 13.9. The minimum atomic E-state index is -3.54. The Kier molecular flexibility index (Phi) is 9.85. The van der Waals surface area contributed by atoms with Crippen LogP contribution in [0.4, 0.5) is 0 Å². The number of phenolic OH excluding ortho intramolecular Hbond substituents is 2. The molecule has 43 heavy (non-hydrogen) atoms. The molecule has 0 spiro atoms. The van der Waals surface area contributed by atoms with Crippen molar-refractivity contribution in [2.24, 2.45) is 0 Å². The number of phenols is 2. The molecule has 0 bridgehead atoms. The van der Waals surface area contributed by atoms with Crippen LogP contribution >= 0.6 is 0 Å². The predicted molar refractivity (Wildman–Crippen MR) is 175 cm³/mol. The summed E-state index contributed by atoms with van der Waals surface area (Å²) in [7, 11) is 0. The molecule has 209 valence electrons. The van der Waals surface area contributed by atoms with Crippen LogP contribution in [0.2, 0.25) is 0 Å². The van der Waals surface area contributed by atoms with Gasteiger partial charge in [-0.3, -0.25) is 0 Å². The van der Waals surface area contributed by atoms with E-state index >= 15 is 0 Å². The number of aromatic hydroxyl groups is 2. The number of hydrogen-bond donors (Lipinski definition) is 2. The molecule has 0 atom stereocenters. The molecule has 0 amide bonds. The molecule has 7 aromatic carbocycles. The zero-order valence-corrected chi connectivity index (χ0v) is 27.3. The molecular formula is C38H29AsGdO3+3. The van der Waals surface area contributed by atoms with E-state index in [0.717, 1.165) is 34.6 Å². The van der Waals surface area contributed by atoms with Crippen LogP contribution in [-0.4, -0.2) is 23.7 Å². The van der Waals surface area contributed by atoms with Gasteiger partial charge in [-0.2, -0.15) is 0 Å². The van der Waals surface area contributed by atoms with E-state index in [-0.39, 0.29) is 51.4 Å². The Morgan fingerprint density at radius 3 is 1.02 bits per heavy atom. The Balaban J connectivity index is 0.000000168. The minimum Gasteiger partial charge on any atom is -0.507 e. The quantitative estimate of drug-likeness (QED) is 0.187. The van der Waals surface area contributed by atoms with Crippen LogP contribution in [0.1, 0.15) is 0 Å². The van der Waals surface area contributed by atoms with Crippen LogP contribution in [0.15, 0.2) is 164 Å². The van der Waals surface area contributed by atoms with E-state index in [4.69, 9.17) is 0 Å². The molecule has 0 aromatic heterocycles. The fourth-order valence-corrected chi connectivity index (χ4v) is 11.0. The molecule has 7 rings (SSSR count). The molecule has 2 N–H and O–H groups in total. The van der Waals surface area contributed by atoms with E-state index in [9.17, 15) is 14.0 Å². The Morgan fingerprint density at radius 1 is 0.372 bits per heavy atom. The second kappa shape index (κ2) is 13.8. The molecule has 0 saturated carbocycles. The molecule has 0 unspecified atom stereocenters. The zero-order chi connectivity index (χ0) is 28.9. The van der Waals surface area contributed by atoms with Gasteiger partial charge in [0, 0.05) is 11.1 Å². The molecule has 0 saturated heterocycles. The molecule has 0 aliphatic heterocycles. The average molecular weight is 766 g/mol. The molecule has 0 aliphatic carbocycles. The smallest absolute Gasteiger partial charge is 0.507 e. The number of benzene rings is 7. The number of hydrogen-bond acceptors (Lipinski definition) is 3. The summed E-state index contributed by atoms with van der Waals surface area (Å²) in [6, 6.07) is 52.3. The van der Waals surface area contributed by atoms with Crippen molar-refractivity contribution in [3.05, 3.63) is 164 Å². The van der Waals surface area contributed by atoms with Crippen LogP contribution < -0.4 is 13.1 Å². The van der Waals surface area contributed by atoms with Gasteiger partial charge in [-0.1, -0.05) is 60.7 Å². The summed E-state index contributed by atoms with van der Waals surface area (Å²) in [6.07, 6.45) is 0. The predicted octanol–water partition coefficient (Wildman–Crippen LogP) is 7.16. The van der Waals surface area contributed by atoms with Gasteiger partial charge in [-0.15, -0.1) is 0 Å². The fourth-order valence-electron chi connectivity index (χ4n) is 5.41. The summed E-state index contributed by atoms with van der Waals surface area (Å²) in [5.41, 5.74) is 1.35. The maximum Gasteiger partial charge on any atom is 3.00 e. The molecule has 0 fully saturated rings. The van der Waals surface area contributed by atoms with Crippen molar-refractivity contribution in [3.63, 3.8) is 0 Å². The Labute approximate surface area is 285 Å². The number of fused-ring (bicyclic) bond motifs is 2. The third-order valence-electron chi connectivity index (χ3n) is 7.42. The maximum atomic E-state index is 13.9. The monoisotopic (exact) mass is 766 g/mol. The van der Waals surface area contributed by atoms with E-state index in [1.165, 1.54) is 0 Å². The first kappa shape index (κ1) is 30.8. The van der Waals surface area contributed by atoms with Gasteiger partial charge in [-0.25, -0.2) is 0 Å². The van der Waals surface area contributed by atoms with Crippen LogP contribution in [0, 0.1) is 39.9 Å². The van der Waals surface area contributed by atoms with Gasteiger partial charge in [0.25, 0.3) is 0 Å². The zero-order valence-electron chi connectivity index (χ0n) is 23.2. The van der Waals surface area contributed by atoms with E-state index in [1.807, 2.05) is 152 Å². The van der Waals surface area contributed by atoms with Crippen LogP contribution in [0.3, 0.4) is 0 Å². The largest absolute Gasteiger partial charge is 3.00 e. The first-order valence-corrected chi connectivity index (χ1v) is 17.3. The summed E-state index contributed by atoms with van der Waals surface area (Å²) in [4.78, 5) is 0. The molecule has 7 aromatic rings. The van der Waals surface area contributed by atoms with Gasteiger partial charge in [0.15, 0.2) is 0 Å². The van der Waals surface area contributed by atoms with Crippen molar-refractivity contribution < 1.29 is 53.9 Å². The van der Waals surface area contributed by atoms with Crippen LogP contribution in [-0.2, 0) is 3.74 Å². The van der Waals surface area contributed by atoms with Crippen molar-refractivity contribution in [3.8, 4) is 22.6 Å². The summed E-state index contributed by atoms with van der Waals surface area (Å²) >= 11 is -3.54. The fraction of sp³-hybridized carbons (Fsp3) is 0. The molecule has 3 nitrogen and oxygen atoms in total. The summed E-state index contributed by atoms with van der Waals surface area (Å²) in [5, 5.41) is 24.8. The van der Waals surface area contributed by atoms with Crippen molar-refractivity contribution in [1.82, 2.24) is 0 Å². The molecule has 0 aliphatic rings. The third kappa shape index (κ3) is 6.20. The first-order valence-electron chi connectivity index (χ1n) is 13.8. The van der Waals surface area contributed by atoms with Crippen LogP contribution in [0.25, 0.3) is 32.7 Å². The standard InChI is InChI=1S/C20H14O2.C18H15AsO.Gd/c21-17-11-9-13-5-1-3-7-15(13)19(17)20-16-8-4-2-6-14(16)10-12-18(20)22;20-19(16-10-4-1-5-11-16,17-12-6-2-7-13-17)18-14-8-3-9-15-18;/h1-12,21-22H;1-15H;/q;;+3. The molecule has 5 heteroatoms. The van der Waals surface area contributed by atoms with E-state index in [0.29, 0.717) is 11.1 Å². The topological polar surface area (TPSA) is 57.5 Å². The molecule has 0 heterocycles. The average Bonchev–Trinajstić information content (AvgIpc) is 3.06. The molecule has 1 radical (unpaired) electrons. The summed E-state index contributed by atoms with van der Waals surface area (Å²) in [5.74, 6) is 0.343. The maximum absolute atomic E-state index is 13.9. The van der Waals surface area contributed by atoms with Crippen molar-refractivity contribution in [2.75, 3.05) is 0 Å². The minimum absolute atomic E-state index is 0. The SMILES string of the molecule is O=[As](c1ccccc1)(c1ccccc1)c1ccccc1.Oc1ccc2ccccc2c1-c1c(O)ccc2ccccc12.[Gd+3]. The Hall–Kier alpha value is -3.66. The summed E-state index contributed by atoms with van der Waals surface area (Å²) < 4.78 is 16.7. The van der Waals surface area contributed by atoms with Gasteiger partial charge in [0.1, 0.15) is 11.5 Å². The second-order valence-corrected chi connectivity index (χ2v) is 15.8. The normalized spacial score (nSPS) is 10.9. The van der Waals surface area contributed by atoms with Crippen LogP contribution in [0.5, 0.6) is 11.5 Å². The first-order chi connectivity index (χ1) is 20.6. The van der Waals surface area contributed by atoms with E-state index < -0.39 is 13.5 Å². The van der Waals surface area contributed by atoms with Gasteiger partial charge < -0.3 is 10.2 Å². The van der Waals surface area contributed by atoms with E-state index in [1.54, 1.807) is 12.1 Å².